The fourth-order valence-corrected chi connectivity index (χ4v) is 4.50. The molecule has 0 spiro atoms. The van der Waals surface area contributed by atoms with Crippen molar-refractivity contribution in [2.75, 3.05) is 51.2 Å². The molecule has 2 fully saturated rings. The van der Waals surface area contributed by atoms with Crippen LogP contribution in [0.4, 0.5) is 14.5 Å². The Morgan fingerprint density at radius 2 is 2.00 bits per heavy atom. The molecule has 0 amide bonds. The molecule has 4 rings (SSSR count). The first kappa shape index (κ1) is 19.8. The minimum absolute atomic E-state index is 0.0783. The first-order valence-electron chi connectivity index (χ1n) is 10.0. The number of ether oxygens (including phenoxy) is 1. The van der Waals surface area contributed by atoms with Crippen LogP contribution in [0, 0.1) is 11.3 Å². The van der Waals surface area contributed by atoms with Crippen LogP contribution < -0.4 is 9.64 Å². The maximum atomic E-state index is 12.7. The van der Waals surface area contributed by atoms with Crippen molar-refractivity contribution in [2.24, 2.45) is 0 Å². The maximum absolute atomic E-state index is 12.7. The van der Waals surface area contributed by atoms with E-state index in [1.54, 1.807) is 18.3 Å². The molecule has 154 valence electrons. The van der Waals surface area contributed by atoms with Gasteiger partial charge in [-0.15, -0.1) is 0 Å². The van der Waals surface area contributed by atoms with Gasteiger partial charge in [0.1, 0.15) is 11.8 Å². The van der Waals surface area contributed by atoms with Gasteiger partial charge in [0.15, 0.2) is 0 Å². The van der Waals surface area contributed by atoms with Gasteiger partial charge < -0.3 is 14.5 Å². The highest BCUT2D eigenvalue weighted by Crippen LogP contribution is 2.33. The fourth-order valence-electron chi connectivity index (χ4n) is 4.50. The summed E-state index contributed by atoms with van der Waals surface area (Å²) < 4.78 is 29.9. The Morgan fingerprint density at radius 3 is 2.69 bits per heavy atom. The molecule has 2 aromatic rings. The smallest absolute Gasteiger partial charge is 0.387 e. The van der Waals surface area contributed by atoms with Gasteiger partial charge in [-0.2, -0.15) is 14.0 Å². The summed E-state index contributed by atoms with van der Waals surface area (Å²) in [4.78, 5) is 11.4. The number of nitrogens with zero attached hydrogens (tertiary/aromatic N) is 5. The molecule has 0 bridgehead atoms. The maximum Gasteiger partial charge on any atom is 0.387 e. The van der Waals surface area contributed by atoms with E-state index in [2.05, 4.69) is 37.5 Å². The number of likely N-dealkylation sites (tertiary alicyclic amines) is 1. The van der Waals surface area contributed by atoms with Gasteiger partial charge in [-0.05, 0) is 44.6 Å². The third-order valence-corrected chi connectivity index (χ3v) is 5.90. The molecule has 1 aromatic carbocycles. The van der Waals surface area contributed by atoms with Crippen molar-refractivity contribution in [3.05, 3.63) is 30.0 Å². The summed E-state index contributed by atoms with van der Waals surface area (Å²) in [5.41, 5.74) is 1.88. The van der Waals surface area contributed by atoms with Crippen molar-refractivity contribution in [3.8, 4) is 11.8 Å². The van der Waals surface area contributed by atoms with Gasteiger partial charge in [-0.25, -0.2) is 0 Å². The topological polar surface area (TPSA) is 55.6 Å². The number of hydrogen-bond acceptors (Lipinski definition) is 6. The Bertz CT molecular complexity index is 908. The number of alkyl halides is 2. The van der Waals surface area contributed by atoms with E-state index in [0.717, 1.165) is 45.0 Å². The molecule has 8 heteroatoms. The Labute approximate surface area is 169 Å². The van der Waals surface area contributed by atoms with Gasteiger partial charge >= 0.3 is 6.61 Å². The summed E-state index contributed by atoms with van der Waals surface area (Å²) in [5.74, 6) is 0.0783. The molecule has 29 heavy (non-hydrogen) atoms. The Balaban J connectivity index is 1.59. The van der Waals surface area contributed by atoms with Gasteiger partial charge in [0.2, 0.25) is 0 Å². The zero-order valence-corrected chi connectivity index (χ0v) is 16.5. The molecule has 6 nitrogen and oxygen atoms in total. The van der Waals surface area contributed by atoms with E-state index in [9.17, 15) is 14.0 Å². The van der Waals surface area contributed by atoms with Crippen LogP contribution in [0.2, 0.25) is 0 Å². The average molecular weight is 401 g/mol. The highest BCUT2D eigenvalue weighted by atomic mass is 19.3. The van der Waals surface area contributed by atoms with Gasteiger partial charge in [0.05, 0.1) is 16.8 Å². The molecule has 1 aromatic heterocycles. The summed E-state index contributed by atoms with van der Waals surface area (Å²) in [6.07, 6.45) is 4.01. The first-order chi connectivity index (χ1) is 14.0. The first-order valence-corrected chi connectivity index (χ1v) is 10.0. The van der Waals surface area contributed by atoms with Gasteiger partial charge in [0.25, 0.3) is 0 Å². The molecule has 2 saturated heterocycles. The van der Waals surface area contributed by atoms with Crippen LogP contribution in [0.25, 0.3) is 10.9 Å². The molecule has 1 atom stereocenters. The lowest BCUT2D eigenvalue weighted by atomic mass is 10.0. The highest BCUT2D eigenvalue weighted by molar-refractivity contribution is 5.95. The van der Waals surface area contributed by atoms with Crippen molar-refractivity contribution >= 4 is 16.6 Å². The van der Waals surface area contributed by atoms with E-state index in [0.29, 0.717) is 22.5 Å². The third-order valence-electron chi connectivity index (χ3n) is 5.90. The summed E-state index contributed by atoms with van der Waals surface area (Å²) >= 11 is 0. The number of nitriles is 1. The number of piperidine rings is 1. The number of likely N-dealkylation sites (N-methyl/N-ethyl adjacent to an activating group) is 1. The summed E-state index contributed by atoms with van der Waals surface area (Å²) in [6, 6.07) is 7.49. The molecule has 0 radical (unpaired) electrons. The number of benzene rings is 1. The van der Waals surface area contributed by atoms with E-state index in [-0.39, 0.29) is 5.75 Å². The monoisotopic (exact) mass is 401 g/mol. The van der Waals surface area contributed by atoms with Crippen LogP contribution in [0.3, 0.4) is 0 Å². The second kappa shape index (κ2) is 8.47. The summed E-state index contributed by atoms with van der Waals surface area (Å²) in [5, 5.41) is 10.3. The van der Waals surface area contributed by atoms with Gasteiger partial charge in [0, 0.05) is 50.3 Å². The molecule has 0 saturated carbocycles. The Hall–Kier alpha value is -2.50. The summed E-state index contributed by atoms with van der Waals surface area (Å²) in [7, 11) is 2.17. The fraction of sp³-hybridized carbons (Fsp3) is 0.524. The van der Waals surface area contributed by atoms with Crippen molar-refractivity contribution < 1.29 is 13.5 Å². The molecule has 2 aliphatic rings. The standard InChI is InChI=1S/C21H25F2N5O/c1-26-6-2-3-16(14-26)27-7-9-28(10-8-27)20-15(12-24)13-25-19-5-4-17(11-18(19)20)29-21(22)23/h4-5,11,13,16,21H,2-3,6-10,14H2,1H3. The number of pyridine rings is 1. The number of fused-ring (bicyclic) bond motifs is 1. The van der Waals surface area contributed by atoms with Crippen LogP contribution in [0.1, 0.15) is 18.4 Å². The van der Waals surface area contributed by atoms with Gasteiger partial charge in [-0.1, -0.05) is 0 Å². The summed E-state index contributed by atoms with van der Waals surface area (Å²) in [6.45, 7) is 2.77. The largest absolute Gasteiger partial charge is 0.435 e. The quantitative estimate of drug-likeness (QED) is 0.785. The number of aromatic nitrogens is 1. The molecular weight excluding hydrogens is 376 g/mol. The highest BCUT2D eigenvalue weighted by Gasteiger charge is 2.28. The molecule has 3 heterocycles. The number of rotatable bonds is 4. The molecule has 0 aliphatic carbocycles. The SMILES string of the molecule is CN1CCCC(N2CCN(c3c(C#N)cnc4ccc(OC(F)F)cc34)CC2)C1. The minimum Gasteiger partial charge on any atom is -0.435 e. The lowest BCUT2D eigenvalue weighted by Gasteiger charge is -2.43. The number of hydrogen-bond donors (Lipinski definition) is 0. The van der Waals surface area contributed by atoms with E-state index >= 15 is 0 Å². The molecular formula is C21H25F2N5O. The van der Waals surface area contributed by atoms with Crippen LogP contribution in [-0.4, -0.2) is 73.8 Å². The Morgan fingerprint density at radius 1 is 1.21 bits per heavy atom. The van der Waals surface area contributed by atoms with Gasteiger partial charge in [-0.3, -0.25) is 9.88 Å². The lowest BCUT2D eigenvalue weighted by Crippen LogP contribution is -2.54. The number of halogens is 2. The van der Waals surface area contributed by atoms with Crippen molar-refractivity contribution in [1.82, 2.24) is 14.8 Å². The molecule has 2 aliphatic heterocycles. The van der Waals surface area contributed by atoms with Crippen molar-refractivity contribution in [3.63, 3.8) is 0 Å². The third kappa shape index (κ3) is 4.26. The lowest BCUT2D eigenvalue weighted by molar-refractivity contribution is -0.0497. The second-order valence-electron chi connectivity index (χ2n) is 7.77. The van der Waals surface area contributed by atoms with Crippen LogP contribution >= 0.6 is 0 Å². The molecule has 1 unspecified atom stereocenters. The van der Waals surface area contributed by atoms with E-state index < -0.39 is 6.61 Å². The Kier molecular flexibility index (Phi) is 5.79. The van der Waals surface area contributed by atoms with Crippen molar-refractivity contribution in [1.29, 1.82) is 5.26 Å². The molecule has 0 N–H and O–H groups in total. The average Bonchev–Trinajstić information content (AvgIpc) is 2.72. The number of piperazine rings is 1. The van der Waals surface area contributed by atoms with Crippen LogP contribution in [-0.2, 0) is 0 Å². The van der Waals surface area contributed by atoms with Crippen LogP contribution in [0.15, 0.2) is 24.4 Å². The minimum atomic E-state index is -2.89. The predicted molar refractivity (Wildman–Crippen MR) is 107 cm³/mol. The van der Waals surface area contributed by atoms with E-state index in [4.69, 9.17) is 0 Å². The van der Waals surface area contributed by atoms with E-state index in [1.807, 2.05) is 0 Å². The number of anilines is 1. The predicted octanol–water partition coefficient (Wildman–Crippen LogP) is 2.92. The second-order valence-corrected chi connectivity index (χ2v) is 7.77. The normalized spacial score (nSPS) is 21.5. The van der Waals surface area contributed by atoms with E-state index in [1.165, 1.54) is 18.9 Å². The zero-order valence-electron chi connectivity index (χ0n) is 16.5. The zero-order chi connectivity index (χ0) is 20.4. The van der Waals surface area contributed by atoms with Crippen molar-refractivity contribution in [2.45, 2.75) is 25.5 Å². The van der Waals surface area contributed by atoms with Crippen LogP contribution in [0.5, 0.6) is 5.75 Å².